The molecule has 2 aromatic rings. The van der Waals surface area contributed by atoms with Gasteiger partial charge >= 0.3 is 6.03 Å². The highest BCUT2D eigenvalue weighted by Gasteiger charge is 2.14. The molecule has 0 aliphatic rings. The third-order valence-electron chi connectivity index (χ3n) is 3.05. The summed E-state index contributed by atoms with van der Waals surface area (Å²) in [5, 5.41) is 14.9. The van der Waals surface area contributed by atoms with Crippen LogP contribution in [0, 0.1) is 18.6 Å². The van der Waals surface area contributed by atoms with Crippen molar-refractivity contribution < 1.29 is 18.7 Å². The van der Waals surface area contributed by atoms with Crippen LogP contribution in [-0.2, 0) is 0 Å². The molecule has 1 atom stereocenters. The fourth-order valence-corrected chi connectivity index (χ4v) is 1.97. The largest absolute Gasteiger partial charge is 0.386 e. The molecule has 0 heterocycles. The molecule has 0 aromatic heterocycles. The number of amides is 2. The molecule has 0 bridgehead atoms. The van der Waals surface area contributed by atoms with Crippen molar-refractivity contribution in [2.75, 3.05) is 11.9 Å². The average Bonchev–Trinajstić information content (AvgIpc) is 2.45. The van der Waals surface area contributed by atoms with Gasteiger partial charge in [-0.1, -0.05) is 18.2 Å². The van der Waals surface area contributed by atoms with E-state index in [0.29, 0.717) is 11.8 Å². The van der Waals surface area contributed by atoms with Gasteiger partial charge in [0.2, 0.25) is 0 Å². The van der Waals surface area contributed by atoms with E-state index in [1.165, 1.54) is 0 Å². The molecule has 4 nitrogen and oxygen atoms in total. The van der Waals surface area contributed by atoms with E-state index < -0.39 is 23.8 Å². The maximum Gasteiger partial charge on any atom is 0.319 e. The van der Waals surface area contributed by atoms with E-state index in [0.717, 1.165) is 17.7 Å². The Morgan fingerprint density at radius 3 is 2.68 bits per heavy atom. The lowest BCUT2D eigenvalue weighted by Gasteiger charge is -2.14. The van der Waals surface area contributed by atoms with Crippen LogP contribution in [0.2, 0.25) is 0 Å². The Kier molecular flexibility index (Phi) is 5.06. The van der Waals surface area contributed by atoms with Crippen molar-refractivity contribution >= 4 is 11.7 Å². The van der Waals surface area contributed by atoms with Gasteiger partial charge in [-0.2, -0.15) is 0 Å². The first-order valence-corrected chi connectivity index (χ1v) is 6.70. The zero-order valence-corrected chi connectivity index (χ0v) is 11.9. The van der Waals surface area contributed by atoms with E-state index >= 15 is 0 Å². The van der Waals surface area contributed by atoms with Crippen LogP contribution in [0.5, 0.6) is 0 Å². The Bertz CT molecular complexity index is 677. The number of anilines is 1. The van der Waals surface area contributed by atoms with Crippen molar-refractivity contribution in [3.05, 3.63) is 65.2 Å². The Morgan fingerprint density at radius 2 is 2.00 bits per heavy atom. The Hall–Kier alpha value is -2.47. The standard InChI is InChI=1S/C16H16F2N2O2/c1-10-3-2-4-12(7-10)20-16(22)19-9-15(21)13-6-5-11(17)8-14(13)18/h2-8,15,21H,9H2,1H3,(H2,19,20,22)/t15-/m0/s1. The van der Waals surface area contributed by atoms with E-state index in [4.69, 9.17) is 0 Å². The number of rotatable bonds is 4. The second-order valence-electron chi connectivity index (χ2n) is 4.89. The summed E-state index contributed by atoms with van der Waals surface area (Å²) in [6.45, 7) is 1.70. The van der Waals surface area contributed by atoms with Crippen molar-refractivity contribution in [1.82, 2.24) is 5.32 Å². The third kappa shape index (κ3) is 4.26. The van der Waals surface area contributed by atoms with Gasteiger partial charge in [-0.25, -0.2) is 13.6 Å². The minimum atomic E-state index is -1.26. The second kappa shape index (κ2) is 7.00. The summed E-state index contributed by atoms with van der Waals surface area (Å²) in [5.41, 5.74) is 1.53. The topological polar surface area (TPSA) is 61.4 Å². The molecule has 0 radical (unpaired) electrons. The number of urea groups is 1. The fourth-order valence-electron chi connectivity index (χ4n) is 1.97. The highest BCUT2D eigenvalue weighted by atomic mass is 19.1. The lowest BCUT2D eigenvalue weighted by atomic mass is 10.1. The molecule has 6 heteroatoms. The molecule has 2 amide bonds. The van der Waals surface area contributed by atoms with Crippen LogP contribution in [0.3, 0.4) is 0 Å². The molecule has 2 rings (SSSR count). The Labute approximate surface area is 126 Å². The summed E-state index contributed by atoms with van der Waals surface area (Å²) in [6, 6.07) is 9.57. The molecule has 22 heavy (non-hydrogen) atoms. The number of carbonyl (C=O) groups is 1. The van der Waals surface area contributed by atoms with Gasteiger partial charge in [0.25, 0.3) is 0 Å². The molecule has 3 N–H and O–H groups in total. The van der Waals surface area contributed by atoms with Crippen LogP contribution in [0.1, 0.15) is 17.2 Å². The smallest absolute Gasteiger partial charge is 0.319 e. The molecule has 2 aromatic carbocycles. The van der Waals surface area contributed by atoms with Crippen molar-refractivity contribution in [3.8, 4) is 0 Å². The number of benzene rings is 2. The molecular weight excluding hydrogens is 290 g/mol. The van der Waals surface area contributed by atoms with Crippen LogP contribution in [0.25, 0.3) is 0 Å². The minimum absolute atomic E-state index is 0.0720. The first-order valence-electron chi connectivity index (χ1n) is 6.70. The van der Waals surface area contributed by atoms with E-state index in [9.17, 15) is 18.7 Å². The maximum absolute atomic E-state index is 13.5. The van der Waals surface area contributed by atoms with Crippen LogP contribution >= 0.6 is 0 Å². The average molecular weight is 306 g/mol. The molecule has 0 saturated carbocycles. The first-order chi connectivity index (χ1) is 10.5. The van der Waals surface area contributed by atoms with Gasteiger partial charge in [-0.05, 0) is 30.7 Å². The van der Waals surface area contributed by atoms with Gasteiger partial charge in [-0.3, -0.25) is 0 Å². The number of hydrogen-bond acceptors (Lipinski definition) is 2. The predicted octanol–water partition coefficient (Wildman–Crippen LogP) is 3.13. The lowest BCUT2D eigenvalue weighted by molar-refractivity contribution is 0.170. The number of aliphatic hydroxyl groups is 1. The summed E-state index contributed by atoms with van der Waals surface area (Å²) in [5.74, 6) is -1.58. The Balaban J connectivity index is 1.90. The van der Waals surface area contributed by atoms with E-state index in [1.807, 2.05) is 13.0 Å². The zero-order chi connectivity index (χ0) is 16.1. The van der Waals surface area contributed by atoms with Gasteiger partial charge in [0.05, 0.1) is 6.10 Å². The number of nitrogens with one attached hydrogen (secondary N) is 2. The summed E-state index contributed by atoms with van der Waals surface area (Å²) < 4.78 is 26.3. The van der Waals surface area contributed by atoms with E-state index in [-0.39, 0.29) is 12.1 Å². The monoisotopic (exact) mass is 306 g/mol. The van der Waals surface area contributed by atoms with Crippen molar-refractivity contribution in [2.45, 2.75) is 13.0 Å². The highest BCUT2D eigenvalue weighted by Crippen LogP contribution is 2.17. The summed E-state index contributed by atoms with van der Waals surface area (Å²) >= 11 is 0. The number of carbonyl (C=O) groups excluding carboxylic acids is 1. The first kappa shape index (κ1) is 15.9. The number of hydrogen-bond donors (Lipinski definition) is 3. The Morgan fingerprint density at radius 1 is 1.23 bits per heavy atom. The molecule has 0 aliphatic heterocycles. The summed E-state index contributed by atoms with van der Waals surface area (Å²) in [6.07, 6.45) is -1.26. The fraction of sp³-hybridized carbons (Fsp3) is 0.188. The van der Waals surface area contributed by atoms with Gasteiger partial charge in [0.15, 0.2) is 0 Å². The molecule has 0 fully saturated rings. The van der Waals surface area contributed by atoms with Crippen LogP contribution in [0.15, 0.2) is 42.5 Å². The summed E-state index contributed by atoms with van der Waals surface area (Å²) in [7, 11) is 0. The molecule has 0 unspecified atom stereocenters. The summed E-state index contributed by atoms with van der Waals surface area (Å²) in [4.78, 5) is 11.7. The van der Waals surface area contributed by atoms with Gasteiger partial charge < -0.3 is 15.7 Å². The van der Waals surface area contributed by atoms with Crippen LogP contribution in [0.4, 0.5) is 19.3 Å². The quantitative estimate of drug-likeness (QED) is 0.812. The zero-order valence-electron chi connectivity index (χ0n) is 11.9. The van der Waals surface area contributed by atoms with Crippen molar-refractivity contribution in [2.24, 2.45) is 0 Å². The van der Waals surface area contributed by atoms with Crippen LogP contribution < -0.4 is 10.6 Å². The lowest BCUT2D eigenvalue weighted by Crippen LogP contribution is -2.32. The van der Waals surface area contributed by atoms with E-state index in [2.05, 4.69) is 10.6 Å². The third-order valence-corrected chi connectivity index (χ3v) is 3.05. The highest BCUT2D eigenvalue weighted by molar-refractivity contribution is 5.89. The van der Waals surface area contributed by atoms with Crippen LogP contribution in [-0.4, -0.2) is 17.7 Å². The molecule has 0 saturated heterocycles. The number of aryl methyl sites for hydroxylation is 1. The van der Waals surface area contributed by atoms with Gasteiger partial charge in [-0.15, -0.1) is 0 Å². The molecule has 0 aliphatic carbocycles. The second-order valence-corrected chi connectivity index (χ2v) is 4.89. The van der Waals surface area contributed by atoms with Gasteiger partial charge in [0, 0.05) is 23.9 Å². The van der Waals surface area contributed by atoms with Gasteiger partial charge in [0.1, 0.15) is 11.6 Å². The maximum atomic E-state index is 13.5. The SMILES string of the molecule is Cc1cccc(NC(=O)NC[C@H](O)c2ccc(F)cc2F)c1. The molecule has 116 valence electrons. The predicted molar refractivity (Wildman–Crippen MR) is 79.5 cm³/mol. The van der Waals surface area contributed by atoms with E-state index in [1.54, 1.807) is 18.2 Å². The van der Waals surface area contributed by atoms with Crippen molar-refractivity contribution in [3.63, 3.8) is 0 Å². The van der Waals surface area contributed by atoms with Crippen molar-refractivity contribution in [1.29, 1.82) is 0 Å². The minimum Gasteiger partial charge on any atom is -0.386 e. The normalized spacial score (nSPS) is 11.8. The number of aliphatic hydroxyl groups excluding tert-OH is 1. The molecular formula is C16H16F2N2O2. The number of halogens is 2. The molecule has 0 spiro atoms.